The van der Waals surface area contributed by atoms with Crippen molar-refractivity contribution in [2.75, 3.05) is 19.3 Å². The number of nitrogens with zero attached hydrogens (tertiary/aromatic N) is 1. The Morgan fingerprint density at radius 3 is 2.38 bits per heavy atom. The average molecular weight is 263 g/mol. The highest BCUT2D eigenvalue weighted by molar-refractivity contribution is 5.85. The molecule has 1 heterocycles. The van der Waals surface area contributed by atoms with Gasteiger partial charge in [0.2, 0.25) is 0 Å². The molecule has 2 N–H and O–H groups in total. The third-order valence-electron chi connectivity index (χ3n) is 3.12. The summed E-state index contributed by atoms with van der Waals surface area (Å²) in [5.74, 6) is 0. The van der Waals surface area contributed by atoms with Gasteiger partial charge < -0.3 is 10.6 Å². The van der Waals surface area contributed by atoms with Crippen molar-refractivity contribution in [1.82, 2.24) is 4.90 Å². The Bertz CT molecular complexity index is 300. The van der Waals surface area contributed by atoms with Crippen LogP contribution in [0.3, 0.4) is 0 Å². The van der Waals surface area contributed by atoms with Crippen LogP contribution in [0.25, 0.3) is 0 Å². The van der Waals surface area contributed by atoms with Crippen molar-refractivity contribution >= 4 is 30.5 Å². The Kier molecular flexibility index (Phi) is 6.81. The molecule has 2 nitrogen and oxygen atoms in total. The fourth-order valence-electron chi connectivity index (χ4n) is 2.16. The van der Waals surface area contributed by atoms with Crippen LogP contribution in [0.15, 0.2) is 24.3 Å². The molecule has 2 rings (SSSR count). The maximum Gasteiger partial charge on any atom is 0.0314 e. The van der Waals surface area contributed by atoms with Gasteiger partial charge in [0.25, 0.3) is 0 Å². The lowest BCUT2D eigenvalue weighted by molar-refractivity contribution is 0.309. The van der Waals surface area contributed by atoms with Gasteiger partial charge in [-0.25, -0.2) is 0 Å². The molecule has 0 spiro atoms. The molecule has 0 aromatic heterocycles. The minimum Gasteiger partial charge on any atom is -0.399 e. The minimum atomic E-state index is 0. The summed E-state index contributed by atoms with van der Waals surface area (Å²) < 4.78 is 0. The number of nitrogen functional groups attached to an aromatic ring is 1. The number of rotatable bonds is 2. The number of hydrogen-bond donors (Lipinski definition) is 1. The zero-order valence-corrected chi connectivity index (χ0v) is 11.2. The summed E-state index contributed by atoms with van der Waals surface area (Å²) in [6, 6.07) is 9.00. The van der Waals surface area contributed by atoms with E-state index in [0.717, 1.165) is 18.2 Å². The zero-order valence-electron chi connectivity index (χ0n) is 9.56. The normalized spacial score (nSPS) is 19.9. The predicted molar refractivity (Wildman–Crippen MR) is 74.7 cm³/mol. The van der Waals surface area contributed by atoms with Gasteiger partial charge in [-0.05, 0) is 50.6 Å². The van der Waals surface area contributed by atoms with Gasteiger partial charge in [-0.2, -0.15) is 0 Å². The van der Waals surface area contributed by atoms with Gasteiger partial charge in [-0.15, -0.1) is 24.8 Å². The lowest BCUT2D eigenvalue weighted by Crippen LogP contribution is -2.26. The summed E-state index contributed by atoms with van der Waals surface area (Å²) in [4.78, 5) is 2.45. The van der Waals surface area contributed by atoms with Crippen molar-refractivity contribution in [3.8, 4) is 0 Å². The van der Waals surface area contributed by atoms with Gasteiger partial charge >= 0.3 is 0 Å². The maximum atomic E-state index is 5.65. The third-order valence-corrected chi connectivity index (χ3v) is 3.12. The Morgan fingerprint density at radius 1 is 1.25 bits per heavy atom. The van der Waals surface area contributed by atoms with Gasteiger partial charge in [-0.3, -0.25) is 0 Å². The van der Waals surface area contributed by atoms with Gasteiger partial charge in [-0.1, -0.05) is 12.1 Å². The number of benzene rings is 1. The van der Waals surface area contributed by atoms with Gasteiger partial charge in [0.15, 0.2) is 0 Å². The van der Waals surface area contributed by atoms with E-state index in [2.05, 4.69) is 24.1 Å². The number of likely N-dealkylation sites (tertiary alicyclic amines) is 1. The molecule has 16 heavy (non-hydrogen) atoms. The smallest absolute Gasteiger partial charge is 0.0314 e. The van der Waals surface area contributed by atoms with E-state index in [0.29, 0.717) is 0 Å². The van der Waals surface area contributed by atoms with Gasteiger partial charge in [0.1, 0.15) is 0 Å². The zero-order chi connectivity index (χ0) is 9.97. The van der Waals surface area contributed by atoms with E-state index in [4.69, 9.17) is 5.73 Å². The summed E-state index contributed by atoms with van der Waals surface area (Å²) in [5, 5.41) is 0. The molecule has 1 saturated heterocycles. The fourth-order valence-corrected chi connectivity index (χ4v) is 2.16. The molecule has 1 aliphatic rings. The first-order valence-electron chi connectivity index (χ1n) is 5.30. The summed E-state index contributed by atoms with van der Waals surface area (Å²) in [7, 11) is 2.22. The molecular formula is C12H20Cl2N2. The highest BCUT2D eigenvalue weighted by atomic mass is 35.5. The lowest BCUT2D eigenvalue weighted by atomic mass is 10.0. The monoisotopic (exact) mass is 262 g/mol. The molecule has 0 saturated carbocycles. The van der Waals surface area contributed by atoms with Crippen molar-refractivity contribution in [2.45, 2.75) is 25.3 Å². The topological polar surface area (TPSA) is 29.3 Å². The molecule has 0 amide bonds. The first-order chi connectivity index (χ1) is 6.75. The molecule has 1 aromatic rings. The highest BCUT2D eigenvalue weighted by Gasteiger charge is 2.20. The van der Waals surface area contributed by atoms with E-state index in [9.17, 15) is 0 Å². The van der Waals surface area contributed by atoms with Gasteiger partial charge in [0, 0.05) is 11.7 Å². The molecule has 0 bridgehead atoms. The summed E-state index contributed by atoms with van der Waals surface area (Å²) >= 11 is 0. The van der Waals surface area contributed by atoms with Crippen molar-refractivity contribution < 1.29 is 0 Å². The molecule has 4 heteroatoms. The first-order valence-corrected chi connectivity index (χ1v) is 5.30. The second-order valence-corrected chi connectivity index (χ2v) is 4.22. The van der Waals surface area contributed by atoms with Crippen LogP contribution >= 0.6 is 24.8 Å². The second-order valence-electron chi connectivity index (χ2n) is 4.22. The summed E-state index contributed by atoms with van der Waals surface area (Å²) in [6.45, 7) is 1.25. The number of hydrogen-bond acceptors (Lipinski definition) is 2. The van der Waals surface area contributed by atoms with Crippen molar-refractivity contribution in [3.63, 3.8) is 0 Å². The Balaban J connectivity index is 0.00000112. The Morgan fingerprint density at radius 2 is 1.88 bits per heavy atom. The predicted octanol–water partition coefficient (Wildman–Crippen LogP) is 2.75. The lowest BCUT2D eigenvalue weighted by Gasteiger charge is -2.19. The van der Waals surface area contributed by atoms with E-state index in [1.165, 1.54) is 24.9 Å². The minimum absolute atomic E-state index is 0. The second kappa shape index (κ2) is 7.00. The summed E-state index contributed by atoms with van der Waals surface area (Å²) in [5.41, 5.74) is 7.91. The van der Waals surface area contributed by atoms with Gasteiger partial charge in [0.05, 0.1) is 0 Å². The SMILES string of the molecule is CN1CCCC1Cc1ccc(N)cc1.Cl.Cl. The first kappa shape index (κ1) is 15.6. The van der Waals surface area contributed by atoms with E-state index in [-0.39, 0.29) is 24.8 Å². The van der Waals surface area contributed by atoms with Crippen LogP contribution in [-0.2, 0) is 6.42 Å². The summed E-state index contributed by atoms with van der Waals surface area (Å²) in [6.07, 6.45) is 3.84. The van der Waals surface area contributed by atoms with Crippen molar-refractivity contribution in [2.24, 2.45) is 0 Å². The van der Waals surface area contributed by atoms with Crippen LogP contribution in [-0.4, -0.2) is 24.5 Å². The van der Waals surface area contributed by atoms with Crippen molar-refractivity contribution in [3.05, 3.63) is 29.8 Å². The highest BCUT2D eigenvalue weighted by Crippen LogP contribution is 2.19. The molecular weight excluding hydrogens is 243 g/mol. The van der Waals surface area contributed by atoms with Crippen LogP contribution in [0.2, 0.25) is 0 Å². The molecule has 1 aromatic carbocycles. The molecule has 1 unspecified atom stereocenters. The van der Waals surface area contributed by atoms with E-state index in [1.807, 2.05) is 12.1 Å². The van der Waals surface area contributed by atoms with E-state index >= 15 is 0 Å². The standard InChI is InChI=1S/C12H18N2.2ClH/c1-14-8-2-3-12(14)9-10-4-6-11(13)7-5-10;;/h4-7,12H,2-3,8-9,13H2,1H3;2*1H. The molecule has 0 radical (unpaired) electrons. The van der Waals surface area contributed by atoms with Crippen LogP contribution in [0.5, 0.6) is 0 Å². The maximum absolute atomic E-state index is 5.65. The van der Waals surface area contributed by atoms with Crippen LogP contribution in [0, 0.1) is 0 Å². The Labute approximate surface area is 110 Å². The molecule has 0 aliphatic carbocycles. The number of likely N-dealkylation sites (N-methyl/N-ethyl adjacent to an activating group) is 1. The molecule has 1 fully saturated rings. The number of anilines is 1. The quantitative estimate of drug-likeness (QED) is 0.831. The molecule has 1 aliphatic heterocycles. The van der Waals surface area contributed by atoms with Crippen LogP contribution in [0.1, 0.15) is 18.4 Å². The van der Waals surface area contributed by atoms with E-state index < -0.39 is 0 Å². The van der Waals surface area contributed by atoms with Crippen molar-refractivity contribution in [1.29, 1.82) is 0 Å². The third kappa shape index (κ3) is 3.85. The Hall–Kier alpha value is -0.440. The molecule has 1 atom stereocenters. The van der Waals surface area contributed by atoms with E-state index in [1.54, 1.807) is 0 Å². The number of nitrogens with two attached hydrogens (primary N) is 1. The van der Waals surface area contributed by atoms with Crippen LogP contribution in [0.4, 0.5) is 5.69 Å². The largest absolute Gasteiger partial charge is 0.399 e. The molecule has 92 valence electrons. The average Bonchev–Trinajstić information content (AvgIpc) is 2.56. The fraction of sp³-hybridized carbons (Fsp3) is 0.500. The van der Waals surface area contributed by atoms with Crippen LogP contribution < -0.4 is 5.73 Å². The number of halogens is 2.